The summed E-state index contributed by atoms with van der Waals surface area (Å²) in [5, 5.41) is 8.89. The minimum atomic E-state index is 0.0934. The first kappa shape index (κ1) is 19.2. The van der Waals surface area contributed by atoms with Crippen LogP contribution in [0.2, 0.25) is 0 Å². The second-order valence-electron chi connectivity index (χ2n) is 6.78. The van der Waals surface area contributed by atoms with Gasteiger partial charge in [0.25, 0.3) is 0 Å². The number of rotatable bonds is 9. The molecule has 1 aromatic heterocycles. The maximum Gasteiger partial charge on any atom is 0.191 e. The van der Waals surface area contributed by atoms with Gasteiger partial charge < -0.3 is 20.1 Å². The molecule has 1 aliphatic rings. The van der Waals surface area contributed by atoms with Crippen molar-refractivity contribution in [1.82, 2.24) is 10.6 Å². The van der Waals surface area contributed by atoms with Gasteiger partial charge in [0, 0.05) is 43.6 Å². The van der Waals surface area contributed by atoms with Gasteiger partial charge in [0.2, 0.25) is 0 Å². The summed E-state index contributed by atoms with van der Waals surface area (Å²) in [5.41, 5.74) is 0.0934. The second-order valence-corrected chi connectivity index (χ2v) is 7.72. The van der Waals surface area contributed by atoms with Crippen molar-refractivity contribution in [3.8, 4) is 0 Å². The Kier molecular flexibility index (Phi) is 8.02. The fraction of sp³-hybridized carbons (Fsp3) is 0.722. The average Bonchev–Trinajstić information content (AvgIpc) is 3.27. The molecular weight excluding hydrogens is 322 g/mol. The molecule has 0 radical (unpaired) electrons. The smallest absolute Gasteiger partial charge is 0.191 e. The summed E-state index contributed by atoms with van der Waals surface area (Å²) in [6.45, 7) is 8.56. The van der Waals surface area contributed by atoms with Gasteiger partial charge in [-0.1, -0.05) is 19.9 Å². The number of guanidine groups is 1. The van der Waals surface area contributed by atoms with Crippen LogP contribution in [0.15, 0.2) is 22.5 Å². The minimum absolute atomic E-state index is 0.0934. The second kappa shape index (κ2) is 10.0. The number of aliphatic imine (C=N–C) groups is 1. The predicted molar refractivity (Wildman–Crippen MR) is 101 cm³/mol. The van der Waals surface area contributed by atoms with Crippen LogP contribution in [0.3, 0.4) is 0 Å². The van der Waals surface area contributed by atoms with E-state index in [1.807, 2.05) is 0 Å². The highest BCUT2D eigenvalue weighted by Gasteiger charge is 2.21. The van der Waals surface area contributed by atoms with Gasteiger partial charge in [0.05, 0.1) is 12.7 Å². The summed E-state index contributed by atoms with van der Waals surface area (Å²) in [6.07, 6.45) is 3.57. The zero-order chi connectivity index (χ0) is 17.3. The molecule has 1 aliphatic heterocycles. The lowest BCUT2D eigenvalue weighted by atomic mass is 9.91. The van der Waals surface area contributed by atoms with E-state index in [0.29, 0.717) is 6.10 Å². The Labute approximate surface area is 149 Å². The third kappa shape index (κ3) is 6.42. The highest BCUT2D eigenvalue weighted by Crippen LogP contribution is 2.26. The van der Waals surface area contributed by atoms with E-state index in [2.05, 4.69) is 47.0 Å². The van der Waals surface area contributed by atoms with E-state index in [-0.39, 0.29) is 5.41 Å². The lowest BCUT2D eigenvalue weighted by molar-refractivity contribution is 0.0168. The topological polar surface area (TPSA) is 54.9 Å². The van der Waals surface area contributed by atoms with Gasteiger partial charge in [0.1, 0.15) is 0 Å². The van der Waals surface area contributed by atoms with Crippen molar-refractivity contribution in [1.29, 1.82) is 0 Å². The Hall–Kier alpha value is -1.11. The van der Waals surface area contributed by atoms with Crippen molar-refractivity contribution < 1.29 is 9.47 Å². The van der Waals surface area contributed by atoms with Crippen molar-refractivity contribution in [2.75, 3.05) is 40.0 Å². The molecule has 6 heteroatoms. The summed E-state index contributed by atoms with van der Waals surface area (Å²) in [7, 11) is 1.81. The third-order valence-corrected chi connectivity index (χ3v) is 5.43. The molecule has 0 saturated carbocycles. The maximum absolute atomic E-state index is 5.67. The lowest BCUT2D eigenvalue weighted by Crippen LogP contribution is -2.43. The van der Waals surface area contributed by atoms with Crippen molar-refractivity contribution in [3.63, 3.8) is 0 Å². The zero-order valence-corrected chi connectivity index (χ0v) is 16.0. The van der Waals surface area contributed by atoms with E-state index in [4.69, 9.17) is 9.47 Å². The molecule has 1 saturated heterocycles. The molecule has 0 spiro atoms. The van der Waals surface area contributed by atoms with Gasteiger partial charge >= 0.3 is 0 Å². The fourth-order valence-corrected chi connectivity index (χ4v) is 3.50. The highest BCUT2D eigenvalue weighted by atomic mass is 32.1. The SMILES string of the molecule is CN=C(NCCCOCC1CCCO1)NCC(C)(C)c1cccs1. The Morgan fingerprint density at radius 3 is 3.00 bits per heavy atom. The molecule has 1 aromatic rings. The fourth-order valence-electron chi connectivity index (χ4n) is 2.65. The summed E-state index contributed by atoms with van der Waals surface area (Å²) < 4.78 is 11.2. The monoisotopic (exact) mass is 353 g/mol. The number of thiophene rings is 1. The van der Waals surface area contributed by atoms with E-state index < -0.39 is 0 Å². The molecule has 0 amide bonds. The van der Waals surface area contributed by atoms with Gasteiger partial charge in [-0.15, -0.1) is 11.3 Å². The molecule has 0 bridgehead atoms. The quantitative estimate of drug-likeness (QED) is 0.407. The summed E-state index contributed by atoms with van der Waals surface area (Å²) in [4.78, 5) is 5.67. The Bertz CT molecular complexity index is 482. The van der Waals surface area contributed by atoms with Crippen LogP contribution in [0.1, 0.15) is 38.0 Å². The standard InChI is InChI=1S/C18H31N3O2S/c1-18(2,16-8-5-12-24-16)14-21-17(19-3)20-9-6-10-22-13-15-7-4-11-23-15/h5,8,12,15H,4,6-7,9-11,13-14H2,1-3H3,(H2,19,20,21). The van der Waals surface area contributed by atoms with E-state index in [9.17, 15) is 0 Å². The Morgan fingerprint density at radius 1 is 1.46 bits per heavy atom. The largest absolute Gasteiger partial charge is 0.379 e. The van der Waals surface area contributed by atoms with Crippen molar-refractivity contribution in [2.24, 2.45) is 4.99 Å². The normalized spacial score (nSPS) is 18.8. The van der Waals surface area contributed by atoms with Crippen LogP contribution in [0, 0.1) is 0 Å². The Morgan fingerprint density at radius 2 is 2.33 bits per heavy atom. The third-order valence-electron chi connectivity index (χ3n) is 4.20. The molecule has 1 atom stereocenters. The summed E-state index contributed by atoms with van der Waals surface area (Å²) in [5.74, 6) is 0.846. The van der Waals surface area contributed by atoms with Gasteiger partial charge in [-0.3, -0.25) is 4.99 Å². The van der Waals surface area contributed by atoms with Crippen LogP contribution in [-0.2, 0) is 14.9 Å². The van der Waals surface area contributed by atoms with Crippen LogP contribution < -0.4 is 10.6 Å². The van der Waals surface area contributed by atoms with Crippen LogP contribution >= 0.6 is 11.3 Å². The lowest BCUT2D eigenvalue weighted by Gasteiger charge is -2.25. The molecule has 2 rings (SSSR count). The van der Waals surface area contributed by atoms with Gasteiger partial charge in [-0.2, -0.15) is 0 Å². The number of ether oxygens (including phenoxy) is 2. The molecule has 1 fully saturated rings. The molecular formula is C18H31N3O2S. The van der Waals surface area contributed by atoms with Crippen molar-refractivity contribution in [3.05, 3.63) is 22.4 Å². The van der Waals surface area contributed by atoms with Gasteiger partial charge in [-0.05, 0) is 30.7 Å². The van der Waals surface area contributed by atoms with E-state index >= 15 is 0 Å². The van der Waals surface area contributed by atoms with E-state index in [1.54, 1.807) is 18.4 Å². The number of hydrogen-bond donors (Lipinski definition) is 2. The summed E-state index contributed by atoms with van der Waals surface area (Å²) in [6, 6.07) is 4.29. The highest BCUT2D eigenvalue weighted by molar-refractivity contribution is 7.10. The van der Waals surface area contributed by atoms with Crippen LogP contribution in [0.4, 0.5) is 0 Å². The van der Waals surface area contributed by atoms with Crippen LogP contribution in [0.25, 0.3) is 0 Å². The molecule has 136 valence electrons. The van der Waals surface area contributed by atoms with Crippen molar-refractivity contribution >= 4 is 17.3 Å². The zero-order valence-electron chi connectivity index (χ0n) is 15.1. The van der Waals surface area contributed by atoms with Gasteiger partial charge in [0.15, 0.2) is 5.96 Å². The van der Waals surface area contributed by atoms with Crippen LogP contribution in [-0.4, -0.2) is 52.0 Å². The molecule has 24 heavy (non-hydrogen) atoms. The number of nitrogens with zero attached hydrogens (tertiary/aromatic N) is 1. The van der Waals surface area contributed by atoms with Crippen LogP contribution in [0.5, 0.6) is 0 Å². The molecule has 5 nitrogen and oxygen atoms in total. The number of nitrogens with one attached hydrogen (secondary N) is 2. The van der Waals surface area contributed by atoms with Crippen molar-refractivity contribution in [2.45, 2.75) is 44.6 Å². The first-order valence-electron chi connectivity index (χ1n) is 8.79. The Balaban J connectivity index is 1.57. The first-order chi connectivity index (χ1) is 11.6. The number of hydrogen-bond acceptors (Lipinski definition) is 4. The van der Waals surface area contributed by atoms with E-state index in [1.165, 1.54) is 11.3 Å². The first-order valence-corrected chi connectivity index (χ1v) is 9.67. The predicted octanol–water partition coefficient (Wildman–Crippen LogP) is 2.78. The summed E-state index contributed by atoms with van der Waals surface area (Å²) >= 11 is 1.80. The van der Waals surface area contributed by atoms with E-state index in [0.717, 1.165) is 51.7 Å². The molecule has 0 aliphatic carbocycles. The molecule has 0 aromatic carbocycles. The molecule has 2 N–H and O–H groups in total. The molecule has 1 unspecified atom stereocenters. The molecule has 2 heterocycles. The minimum Gasteiger partial charge on any atom is -0.379 e. The van der Waals surface area contributed by atoms with Gasteiger partial charge in [-0.25, -0.2) is 0 Å². The average molecular weight is 354 g/mol. The maximum atomic E-state index is 5.67.